The van der Waals surface area contributed by atoms with E-state index in [0.29, 0.717) is 5.75 Å². The van der Waals surface area contributed by atoms with Crippen molar-refractivity contribution >= 4 is 33.3 Å². The van der Waals surface area contributed by atoms with Gasteiger partial charge in [-0.1, -0.05) is 11.8 Å². The van der Waals surface area contributed by atoms with Gasteiger partial charge in [-0.15, -0.1) is 11.3 Å². The first-order valence-corrected chi connectivity index (χ1v) is 7.38. The van der Waals surface area contributed by atoms with Crippen LogP contribution in [-0.4, -0.2) is 15.7 Å². The first-order valence-electron chi connectivity index (χ1n) is 5.58. The molecule has 0 unspecified atom stereocenters. The third-order valence-electron chi connectivity index (χ3n) is 2.92. The van der Waals surface area contributed by atoms with Crippen LogP contribution in [0.2, 0.25) is 0 Å². The Labute approximate surface area is 108 Å². The fourth-order valence-corrected chi connectivity index (χ4v) is 4.40. The highest BCUT2D eigenvalue weighted by Gasteiger charge is 2.21. The summed E-state index contributed by atoms with van der Waals surface area (Å²) >= 11 is 3.33. The maximum absolute atomic E-state index is 8.70. The molecule has 0 spiro atoms. The minimum Gasteiger partial charge on any atom is -0.226 e. The van der Waals surface area contributed by atoms with E-state index < -0.39 is 0 Å². The highest BCUT2D eigenvalue weighted by atomic mass is 32.2. The molecule has 2 heterocycles. The summed E-state index contributed by atoms with van der Waals surface area (Å²) in [7, 11) is 0. The minimum absolute atomic E-state index is 0.455. The largest absolute Gasteiger partial charge is 0.226 e. The Morgan fingerprint density at radius 3 is 3.12 bits per heavy atom. The van der Waals surface area contributed by atoms with Crippen molar-refractivity contribution in [1.82, 2.24) is 9.97 Å². The van der Waals surface area contributed by atoms with Gasteiger partial charge < -0.3 is 0 Å². The summed E-state index contributed by atoms with van der Waals surface area (Å²) in [5, 5.41) is 10.9. The van der Waals surface area contributed by atoms with Gasteiger partial charge in [-0.3, -0.25) is 0 Å². The van der Waals surface area contributed by atoms with Gasteiger partial charge in [0.25, 0.3) is 0 Å². The summed E-state index contributed by atoms with van der Waals surface area (Å²) in [6, 6.07) is 2.17. The van der Waals surface area contributed by atoms with Crippen molar-refractivity contribution in [2.45, 2.75) is 31.2 Å². The molecule has 0 saturated carbocycles. The lowest BCUT2D eigenvalue weighted by atomic mass is 10.2. The standard InChI is InChI=1S/C12H11N3S2/c1-7-14-11(16-6-5-13)10-8-3-2-4-9(8)17-12(10)15-7/h2-4,6H2,1H3. The van der Waals surface area contributed by atoms with Crippen molar-refractivity contribution in [3.63, 3.8) is 0 Å². The van der Waals surface area contributed by atoms with Gasteiger partial charge >= 0.3 is 0 Å². The number of hydrogen-bond donors (Lipinski definition) is 0. The second kappa shape index (κ2) is 4.28. The van der Waals surface area contributed by atoms with Crippen LogP contribution in [-0.2, 0) is 12.8 Å². The van der Waals surface area contributed by atoms with E-state index in [4.69, 9.17) is 5.26 Å². The number of aryl methyl sites for hydroxylation is 3. The van der Waals surface area contributed by atoms with E-state index in [1.807, 2.05) is 6.92 Å². The number of rotatable bonds is 2. The predicted molar refractivity (Wildman–Crippen MR) is 70.5 cm³/mol. The quantitative estimate of drug-likeness (QED) is 0.615. The molecule has 1 aliphatic rings. The van der Waals surface area contributed by atoms with Gasteiger partial charge in [0.15, 0.2) is 0 Å². The molecule has 0 atom stereocenters. The number of aromatic nitrogens is 2. The monoisotopic (exact) mass is 261 g/mol. The number of thioether (sulfide) groups is 1. The second-order valence-corrected chi connectivity index (χ2v) is 6.11. The van der Waals surface area contributed by atoms with E-state index in [-0.39, 0.29) is 0 Å². The van der Waals surface area contributed by atoms with E-state index in [2.05, 4.69) is 16.0 Å². The number of fused-ring (bicyclic) bond motifs is 3. The molecule has 3 rings (SSSR count). The van der Waals surface area contributed by atoms with Crippen LogP contribution in [0.4, 0.5) is 0 Å². The Morgan fingerprint density at radius 1 is 1.41 bits per heavy atom. The maximum atomic E-state index is 8.70. The number of thiophene rings is 1. The van der Waals surface area contributed by atoms with Crippen molar-refractivity contribution in [3.8, 4) is 6.07 Å². The lowest BCUT2D eigenvalue weighted by molar-refractivity contribution is 0.914. The molecule has 1 aliphatic carbocycles. The molecule has 0 bridgehead atoms. The molecule has 0 aromatic carbocycles. The van der Waals surface area contributed by atoms with Gasteiger partial charge in [-0.05, 0) is 31.7 Å². The summed E-state index contributed by atoms with van der Waals surface area (Å²) in [4.78, 5) is 11.6. The van der Waals surface area contributed by atoms with E-state index >= 15 is 0 Å². The van der Waals surface area contributed by atoms with Crippen LogP contribution in [0.3, 0.4) is 0 Å². The van der Waals surface area contributed by atoms with Crippen LogP contribution in [0.5, 0.6) is 0 Å². The van der Waals surface area contributed by atoms with Crippen LogP contribution in [0.25, 0.3) is 10.2 Å². The smallest absolute Gasteiger partial charge is 0.128 e. The third-order valence-corrected chi connectivity index (χ3v) is 4.94. The molecule has 17 heavy (non-hydrogen) atoms. The molecule has 3 nitrogen and oxygen atoms in total. The second-order valence-electron chi connectivity index (χ2n) is 4.06. The Balaban J connectivity index is 2.21. The van der Waals surface area contributed by atoms with E-state index in [9.17, 15) is 0 Å². The molecule has 86 valence electrons. The predicted octanol–water partition coefficient (Wildman–Crippen LogP) is 3.10. The van der Waals surface area contributed by atoms with Crippen LogP contribution in [0, 0.1) is 18.3 Å². The lowest BCUT2D eigenvalue weighted by Crippen LogP contribution is -1.92. The minimum atomic E-state index is 0.455. The number of nitriles is 1. The molecular formula is C12H11N3S2. The van der Waals surface area contributed by atoms with Crippen molar-refractivity contribution < 1.29 is 0 Å². The van der Waals surface area contributed by atoms with Crippen LogP contribution >= 0.6 is 23.1 Å². The summed E-state index contributed by atoms with van der Waals surface area (Å²) < 4.78 is 0. The van der Waals surface area contributed by atoms with E-state index in [1.54, 1.807) is 11.3 Å². The van der Waals surface area contributed by atoms with Crippen LogP contribution in [0.15, 0.2) is 5.03 Å². The molecule has 0 amide bonds. The molecule has 0 radical (unpaired) electrons. The zero-order valence-electron chi connectivity index (χ0n) is 9.49. The number of nitrogens with zero attached hydrogens (tertiary/aromatic N) is 3. The van der Waals surface area contributed by atoms with Crippen molar-refractivity contribution in [3.05, 3.63) is 16.3 Å². The normalized spacial score (nSPS) is 13.9. The molecule has 0 fully saturated rings. The fourth-order valence-electron chi connectivity index (χ4n) is 2.27. The van der Waals surface area contributed by atoms with Gasteiger partial charge in [0.2, 0.25) is 0 Å². The number of hydrogen-bond acceptors (Lipinski definition) is 5. The summed E-state index contributed by atoms with van der Waals surface area (Å²) in [5.41, 5.74) is 1.44. The molecule has 0 saturated heterocycles. The Morgan fingerprint density at radius 2 is 2.29 bits per heavy atom. The first kappa shape index (κ1) is 11.0. The fraction of sp³-hybridized carbons (Fsp3) is 0.417. The van der Waals surface area contributed by atoms with Gasteiger partial charge in [0.1, 0.15) is 15.7 Å². The van der Waals surface area contributed by atoms with Crippen molar-refractivity contribution in [2.24, 2.45) is 0 Å². The first-order chi connectivity index (χ1) is 8.29. The zero-order valence-corrected chi connectivity index (χ0v) is 11.1. The molecule has 0 aliphatic heterocycles. The molecule has 0 N–H and O–H groups in total. The highest BCUT2D eigenvalue weighted by molar-refractivity contribution is 7.99. The summed E-state index contributed by atoms with van der Waals surface area (Å²) in [5.74, 6) is 1.26. The Kier molecular flexibility index (Phi) is 2.77. The zero-order chi connectivity index (χ0) is 11.8. The topological polar surface area (TPSA) is 49.6 Å². The average Bonchev–Trinajstić information content (AvgIpc) is 2.84. The summed E-state index contributed by atoms with van der Waals surface area (Å²) in [6.07, 6.45) is 3.56. The van der Waals surface area contributed by atoms with Crippen molar-refractivity contribution in [1.29, 1.82) is 5.26 Å². The third kappa shape index (κ3) is 1.81. The Hall–Kier alpha value is -1.12. The van der Waals surface area contributed by atoms with Crippen LogP contribution in [0.1, 0.15) is 22.7 Å². The molecule has 2 aromatic heterocycles. The average molecular weight is 261 g/mol. The molecule has 5 heteroatoms. The SMILES string of the molecule is Cc1nc(SCC#N)c2c3c(sc2n1)CCC3. The van der Waals surface area contributed by atoms with Gasteiger partial charge in [0, 0.05) is 10.3 Å². The van der Waals surface area contributed by atoms with Gasteiger partial charge in [0.05, 0.1) is 11.8 Å². The highest BCUT2D eigenvalue weighted by Crippen LogP contribution is 2.40. The van der Waals surface area contributed by atoms with Gasteiger partial charge in [-0.25, -0.2) is 9.97 Å². The van der Waals surface area contributed by atoms with E-state index in [1.165, 1.54) is 40.4 Å². The molecule has 2 aromatic rings. The molecular weight excluding hydrogens is 250 g/mol. The van der Waals surface area contributed by atoms with Gasteiger partial charge in [-0.2, -0.15) is 5.26 Å². The maximum Gasteiger partial charge on any atom is 0.128 e. The van der Waals surface area contributed by atoms with E-state index in [0.717, 1.165) is 22.1 Å². The van der Waals surface area contributed by atoms with Crippen molar-refractivity contribution in [2.75, 3.05) is 5.75 Å². The summed E-state index contributed by atoms with van der Waals surface area (Å²) in [6.45, 7) is 1.92. The van der Waals surface area contributed by atoms with Crippen LogP contribution < -0.4 is 0 Å². The Bertz CT molecular complexity index is 625. The lowest BCUT2D eigenvalue weighted by Gasteiger charge is -2.02.